The maximum absolute atomic E-state index is 14.8. The molecule has 31 heavy (non-hydrogen) atoms. The molecule has 0 atom stereocenters. The Morgan fingerprint density at radius 2 is 1.58 bits per heavy atom. The van der Waals surface area contributed by atoms with Gasteiger partial charge in [-0.3, -0.25) is 0 Å². The predicted octanol–water partition coefficient (Wildman–Crippen LogP) is 6.39. The van der Waals surface area contributed by atoms with Crippen LogP contribution < -0.4 is 4.74 Å². The second kappa shape index (κ2) is 11.0. The van der Waals surface area contributed by atoms with Crippen LogP contribution in [0.2, 0.25) is 0 Å². The molecule has 0 aliphatic rings. The summed E-state index contributed by atoms with van der Waals surface area (Å²) in [6.45, 7) is 8.27. The lowest BCUT2D eigenvalue weighted by molar-refractivity contribution is -0.128. The van der Waals surface area contributed by atoms with Gasteiger partial charge in [-0.1, -0.05) is 61.2 Å². The third-order valence-electron chi connectivity index (χ3n) is 4.80. The summed E-state index contributed by atoms with van der Waals surface area (Å²) in [4.78, 5) is 11.3. The van der Waals surface area contributed by atoms with E-state index in [9.17, 15) is 9.18 Å². The summed E-state index contributed by atoms with van der Waals surface area (Å²) in [6, 6.07) is 20.1. The van der Waals surface area contributed by atoms with Gasteiger partial charge in [-0.15, -0.1) is 6.58 Å². The standard InChI is InChI=1S/C27H25FO3/c1-3-17-30-18-5-6-20-7-9-21(10-8-20)23-13-16-25(26(28)19-23)22-11-14-24(15-12-22)31-27(29)4-2/h3-4,7-16,19H,1-2,5-6,17-18H2. The minimum atomic E-state index is -0.532. The highest BCUT2D eigenvalue weighted by molar-refractivity contribution is 5.83. The number of rotatable bonds is 10. The lowest BCUT2D eigenvalue weighted by Gasteiger charge is -2.09. The highest BCUT2D eigenvalue weighted by Gasteiger charge is 2.09. The Hall–Kier alpha value is -3.50. The van der Waals surface area contributed by atoms with Crippen LogP contribution in [-0.2, 0) is 16.0 Å². The maximum atomic E-state index is 14.8. The van der Waals surface area contributed by atoms with Gasteiger partial charge in [-0.2, -0.15) is 0 Å². The van der Waals surface area contributed by atoms with Gasteiger partial charge in [0.15, 0.2) is 0 Å². The van der Waals surface area contributed by atoms with E-state index < -0.39 is 5.97 Å². The number of ether oxygens (including phenoxy) is 2. The van der Waals surface area contributed by atoms with E-state index in [0.717, 1.165) is 30.0 Å². The number of aryl methyl sites for hydroxylation is 1. The SMILES string of the molecule is C=CCOCCCc1ccc(-c2ccc(-c3ccc(OC(=O)C=C)cc3)c(F)c2)cc1. The van der Waals surface area contributed by atoms with E-state index in [1.807, 2.05) is 18.2 Å². The molecule has 0 aliphatic heterocycles. The number of carbonyl (C=O) groups excluding carboxylic acids is 1. The molecule has 0 bridgehead atoms. The van der Waals surface area contributed by atoms with Gasteiger partial charge >= 0.3 is 5.97 Å². The number of halogens is 1. The second-order valence-electron chi connectivity index (χ2n) is 7.01. The van der Waals surface area contributed by atoms with Crippen LogP contribution in [0.5, 0.6) is 5.75 Å². The fourth-order valence-corrected chi connectivity index (χ4v) is 3.20. The molecule has 0 saturated carbocycles. The van der Waals surface area contributed by atoms with Crippen molar-refractivity contribution in [3.8, 4) is 28.0 Å². The fraction of sp³-hybridized carbons (Fsp3) is 0.148. The van der Waals surface area contributed by atoms with E-state index in [0.29, 0.717) is 30.1 Å². The zero-order valence-corrected chi connectivity index (χ0v) is 17.4. The summed E-state index contributed by atoms with van der Waals surface area (Å²) in [7, 11) is 0. The van der Waals surface area contributed by atoms with Gasteiger partial charge in [0.2, 0.25) is 0 Å². The monoisotopic (exact) mass is 416 g/mol. The Labute approximate surface area is 182 Å². The van der Waals surface area contributed by atoms with Crippen molar-refractivity contribution < 1.29 is 18.7 Å². The minimum absolute atomic E-state index is 0.309. The van der Waals surface area contributed by atoms with Crippen molar-refractivity contribution >= 4 is 5.97 Å². The Bertz CT molecular complexity index is 1040. The second-order valence-corrected chi connectivity index (χ2v) is 7.01. The van der Waals surface area contributed by atoms with Gasteiger partial charge in [0, 0.05) is 18.2 Å². The molecule has 158 valence electrons. The zero-order chi connectivity index (χ0) is 22.1. The number of carbonyl (C=O) groups is 1. The molecule has 0 radical (unpaired) electrons. The van der Waals surface area contributed by atoms with Crippen LogP contribution in [0.3, 0.4) is 0 Å². The molecular weight excluding hydrogens is 391 g/mol. The topological polar surface area (TPSA) is 35.5 Å². The van der Waals surface area contributed by atoms with Gasteiger partial charge in [0.05, 0.1) is 6.61 Å². The van der Waals surface area contributed by atoms with Crippen LogP contribution in [-0.4, -0.2) is 19.2 Å². The van der Waals surface area contributed by atoms with Gasteiger partial charge in [0.1, 0.15) is 11.6 Å². The first kappa shape index (κ1) is 22.2. The molecule has 0 N–H and O–H groups in total. The first-order valence-corrected chi connectivity index (χ1v) is 10.1. The lowest BCUT2D eigenvalue weighted by Crippen LogP contribution is -2.02. The molecule has 3 aromatic carbocycles. The molecule has 0 aliphatic carbocycles. The molecule has 3 aromatic rings. The first-order chi connectivity index (χ1) is 15.1. The number of benzene rings is 3. The van der Waals surface area contributed by atoms with E-state index >= 15 is 0 Å². The van der Waals surface area contributed by atoms with E-state index in [1.165, 1.54) is 5.56 Å². The lowest BCUT2D eigenvalue weighted by atomic mass is 9.98. The molecule has 3 rings (SSSR count). The quantitative estimate of drug-likeness (QED) is 0.126. The Morgan fingerprint density at radius 1 is 0.903 bits per heavy atom. The molecule has 0 spiro atoms. The van der Waals surface area contributed by atoms with Gasteiger partial charge in [-0.05, 0) is 53.3 Å². The molecule has 0 aromatic heterocycles. The zero-order valence-electron chi connectivity index (χ0n) is 17.4. The van der Waals surface area contributed by atoms with E-state index in [2.05, 4.69) is 25.3 Å². The molecule has 0 heterocycles. The molecule has 0 unspecified atom stereocenters. The molecule has 0 amide bonds. The van der Waals surface area contributed by atoms with Crippen molar-refractivity contribution in [1.29, 1.82) is 0 Å². The van der Waals surface area contributed by atoms with Crippen molar-refractivity contribution in [2.45, 2.75) is 12.8 Å². The highest BCUT2D eigenvalue weighted by Crippen LogP contribution is 2.29. The summed E-state index contributed by atoms with van der Waals surface area (Å²) >= 11 is 0. The Balaban J connectivity index is 1.67. The molecular formula is C27H25FO3. The summed E-state index contributed by atoms with van der Waals surface area (Å²) in [5.41, 5.74) is 4.20. The molecule has 4 heteroatoms. The van der Waals surface area contributed by atoms with Crippen molar-refractivity contribution in [2.75, 3.05) is 13.2 Å². The fourth-order valence-electron chi connectivity index (χ4n) is 3.20. The molecule has 3 nitrogen and oxygen atoms in total. The van der Waals surface area contributed by atoms with E-state index in [1.54, 1.807) is 42.5 Å². The van der Waals surface area contributed by atoms with Gasteiger partial charge in [0.25, 0.3) is 0 Å². The van der Waals surface area contributed by atoms with Gasteiger partial charge in [-0.25, -0.2) is 9.18 Å². The predicted molar refractivity (Wildman–Crippen MR) is 122 cm³/mol. The number of hydrogen-bond donors (Lipinski definition) is 0. The maximum Gasteiger partial charge on any atom is 0.335 e. The van der Waals surface area contributed by atoms with Crippen molar-refractivity contribution in [3.05, 3.63) is 103 Å². The van der Waals surface area contributed by atoms with Crippen LogP contribution in [0, 0.1) is 5.82 Å². The van der Waals surface area contributed by atoms with Crippen LogP contribution >= 0.6 is 0 Å². The summed E-state index contributed by atoms with van der Waals surface area (Å²) in [5, 5.41) is 0. The summed E-state index contributed by atoms with van der Waals surface area (Å²) < 4.78 is 25.3. The van der Waals surface area contributed by atoms with Crippen molar-refractivity contribution in [1.82, 2.24) is 0 Å². The smallest absolute Gasteiger partial charge is 0.335 e. The van der Waals surface area contributed by atoms with E-state index in [-0.39, 0.29) is 5.82 Å². The molecule has 0 fully saturated rings. The minimum Gasteiger partial charge on any atom is -0.423 e. The molecule has 0 saturated heterocycles. The Kier molecular flexibility index (Phi) is 7.91. The summed E-state index contributed by atoms with van der Waals surface area (Å²) in [6.07, 6.45) is 4.72. The van der Waals surface area contributed by atoms with Crippen molar-refractivity contribution in [3.63, 3.8) is 0 Å². The highest BCUT2D eigenvalue weighted by atomic mass is 19.1. The van der Waals surface area contributed by atoms with Crippen LogP contribution in [0.25, 0.3) is 22.3 Å². The van der Waals surface area contributed by atoms with E-state index in [4.69, 9.17) is 9.47 Å². The Morgan fingerprint density at radius 3 is 2.23 bits per heavy atom. The number of esters is 1. The average Bonchev–Trinajstić information content (AvgIpc) is 2.80. The van der Waals surface area contributed by atoms with Crippen LogP contribution in [0.1, 0.15) is 12.0 Å². The van der Waals surface area contributed by atoms with Crippen LogP contribution in [0.4, 0.5) is 4.39 Å². The third kappa shape index (κ3) is 6.24. The normalized spacial score (nSPS) is 10.5. The number of hydrogen-bond acceptors (Lipinski definition) is 3. The van der Waals surface area contributed by atoms with Crippen molar-refractivity contribution in [2.24, 2.45) is 0 Å². The van der Waals surface area contributed by atoms with Crippen LogP contribution in [0.15, 0.2) is 92.0 Å². The average molecular weight is 416 g/mol. The summed E-state index contributed by atoms with van der Waals surface area (Å²) in [5.74, 6) is -0.454. The first-order valence-electron chi connectivity index (χ1n) is 10.1. The largest absolute Gasteiger partial charge is 0.423 e. The third-order valence-corrected chi connectivity index (χ3v) is 4.80. The van der Waals surface area contributed by atoms with Gasteiger partial charge < -0.3 is 9.47 Å².